The summed E-state index contributed by atoms with van der Waals surface area (Å²) in [5.41, 5.74) is -0.0442. The van der Waals surface area contributed by atoms with Gasteiger partial charge in [-0.05, 0) is 40.5 Å². The highest BCUT2D eigenvalue weighted by atomic mass is 16.6. The summed E-state index contributed by atoms with van der Waals surface area (Å²) in [7, 11) is 0. The summed E-state index contributed by atoms with van der Waals surface area (Å²) in [6.07, 6.45) is 4.37. The molecule has 0 rings (SSSR count). The highest BCUT2D eigenvalue weighted by Crippen LogP contribution is 2.25. The summed E-state index contributed by atoms with van der Waals surface area (Å²) in [4.78, 5) is 0. The van der Waals surface area contributed by atoms with Crippen LogP contribution in [0.25, 0.3) is 0 Å². The van der Waals surface area contributed by atoms with Crippen LogP contribution >= 0.6 is 0 Å². The Hall–Kier alpha value is -0.160. The second kappa shape index (κ2) is 11.4. The Morgan fingerprint density at radius 1 is 0.857 bits per heavy atom. The van der Waals surface area contributed by atoms with Gasteiger partial charge in [0, 0.05) is 0 Å². The molecule has 0 aliphatic carbocycles. The maximum Gasteiger partial charge on any atom is 0.0788 e. The van der Waals surface area contributed by atoms with E-state index in [1.165, 1.54) is 0 Å². The van der Waals surface area contributed by atoms with E-state index in [2.05, 4.69) is 27.7 Å². The second-order valence-corrected chi connectivity index (χ2v) is 6.35. The molecule has 3 atom stereocenters. The average Bonchev–Trinajstić information content (AvgIpc) is 2.42. The zero-order chi connectivity index (χ0) is 16.3. The summed E-state index contributed by atoms with van der Waals surface area (Å²) in [5, 5.41) is 8.91. The molecule has 0 aromatic heterocycles. The third-order valence-corrected chi connectivity index (χ3v) is 3.53. The van der Waals surface area contributed by atoms with Gasteiger partial charge in [-0.15, -0.1) is 0 Å². The first-order valence-corrected chi connectivity index (χ1v) is 8.38. The molecule has 1 N–H and O–H groups in total. The van der Waals surface area contributed by atoms with Gasteiger partial charge in [0.1, 0.15) is 0 Å². The van der Waals surface area contributed by atoms with Gasteiger partial charge in [0.15, 0.2) is 0 Å². The lowest BCUT2D eigenvalue weighted by Crippen LogP contribution is -2.35. The standard InChI is InChI=1S/C17H36O4/c1-7-9-17(6,10-8-2)21-16(5)13-20-15(4)12-19-14(3)11-18/h14-16,18H,7-13H2,1-6H3. The van der Waals surface area contributed by atoms with E-state index >= 15 is 0 Å². The lowest BCUT2D eigenvalue weighted by atomic mass is 9.94. The maximum atomic E-state index is 8.91. The molecule has 0 fully saturated rings. The van der Waals surface area contributed by atoms with E-state index in [1.54, 1.807) is 0 Å². The van der Waals surface area contributed by atoms with Gasteiger partial charge in [0.2, 0.25) is 0 Å². The van der Waals surface area contributed by atoms with Crippen LogP contribution < -0.4 is 0 Å². The van der Waals surface area contributed by atoms with Crippen molar-refractivity contribution in [2.24, 2.45) is 0 Å². The molecule has 21 heavy (non-hydrogen) atoms. The molecule has 0 bridgehead atoms. The van der Waals surface area contributed by atoms with E-state index in [-0.39, 0.29) is 30.5 Å². The number of ether oxygens (including phenoxy) is 3. The van der Waals surface area contributed by atoms with Crippen molar-refractivity contribution < 1.29 is 19.3 Å². The monoisotopic (exact) mass is 304 g/mol. The van der Waals surface area contributed by atoms with Crippen molar-refractivity contribution in [3.05, 3.63) is 0 Å². The molecule has 0 spiro atoms. The van der Waals surface area contributed by atoms with E-state index in [0.717, 1.165) is 25.7 Å². The Kier molecular flexibility index (Phi) is 11.3. The zero-order valence-corrected chi connectivity index (χ0v) is 14.9. The zero-order valence-electron chi connectivity index (χ0n) is 14.9. The minimum Gasteiger partial charge on any atom is -0.394 e. The second-order valence-electron chi connectivity index (χ2n) is 6.35. The van der Waals surface area contributed by atoms with Crippen LogP contribution in [0.2, 0.25) is 0 Å². The average molecular weight is 304 g/mol. The van der Waals surface area contributed by atoms with Crippen molar-refractivity contribution in [2.75, 3.05) is 19.8 Å². The number of aliphatic hydroxyl groups is 1. The first-order valence-electron chi connectivity index (χ1n) is 8.38. The van der Waals surface area contributed by atoms with E-state index in [1.807, 2.05) is 13.8 Å². The number of rotatable bonds is 13. The molecule has 4 nitrogen and oxygen atoms in total. The lowest BCUT2D eigenvalue weighted by Gasteiger charge is -2.33. The molecular weight excluding hydrogens is 268 g/mol. The van der Waals surface area contributed by atoms with Crippen molar-refractivity contribution in [3.63, 3.8) is 0 Å². The van der Waals surface area contributed by atoms with Crippen LogP contribution in [0.3, 0.4) is 0 Å². The van der Waals surface area contributed by atoms with Gasteiger partial charge >= 0.3 is 0 Å². The van der Waals surface area contributed by atoms with Gasteiger partial charge in [-0.1, -0.05) is 26.7 Å². The molecule has 0 amide bonds. The molecular formula is C17H36O4. The quantitative estimate of drug-likeness (QED) is 0.565. The SMILES string of the molecule is CCCC(C)(CCC)OC(C)COC(C)COC(C)CO. The van der Waals surface area contributed by atoms with E-state index in [0.29, 0.717) is 13.2 Å². The predicted octanol–water partition coefficient (Wildman–Crippen LogP) is 3.55. The van der Waals surface area contributed by atoms with Crippen molar-refractivity contribution in [3.8, 4) is 0 Å². The third kappa shape index (κ3) is 10.2. The van der Waals surface area contributed by atoms with E-state index in [9.17, 15) is 0 Å². The van der Waals surface area contributed by atoms with Crippen LogP contribution in [-0.4, -0.2) is 48.8 Å². The first kappa shape index (κ1) is 20.8. The normalized spacial score (nSPS) is 16.7. The van der Waals surface area contributed by atoms with Crippen molar-refractivity contribution in [1.29, 1.82) is 0 Å². The third-order valence-electron chi connectivity index (χ3n) is 3.53. The molecule has 0 saturated carbocycles. The van der Waals surface area contributed by atoms with Crippen molar-refractivity contribution in [1.82, 2.24) is 0 Å². The van der Waals surface area contributed by atoms with Gasteiger partial charge < -0.3 is 19.3 Å². The molecule has 3 unspecified atom stereocenters. The van der Waals surface area contributed by atoms with Gasteiger partial charge in [0.25, 0.3) is 0 Å². The Morgan fingerprint density at radius 2 is 1.33 bits per heavy atom. The van der Waals surface area contributed by atoms with Crippen molar-refractivity contribution in [2.45, 2.75) is 91.1 Å². The Balaban J connectivity index is 4.03. The molecule has 128 valence electrons. The van der Waals surface area contributed by atoms with Crippen LogP contribution in [0.15, 0.2) is 0 Å². The first-order chi connectivity index (χ1) is 9.86. The Labute approximate surface area is 131 Å². The topological polar surface area (TPSA) is 47.9 Å². The van der Waals surface area contributed by atoms with Crippen LogP contribution in [-0.2, 0) is 14.2 Å². The summed E-state index contributed by atoms with van der Waals surface area (Å²) in [6.45, 7) is 13.6. The molecule has 0 radical (unpaired) electrons. The Bertz CT molecular complexity index is 239. The van der Waals surface area contributed by atoms with Gasteiger partial charge in [-0.25, -0.2) is 0 Å². The van der Waals surface area contributed by atoms with E-state index < -0.39 is 0 Å². The molecule has 0 aliphatic heterocycles. The van der Waals surface area contributed by atoms with Gasteiger partial charge in [-0.2, -0.15) is 0 Å². The van der Waals surface area contributed by atoms with E-state index in [4.69, 9.17) is 19.3 Å². The number of aliphatic hydroxyl groups excluding tert-OH is 1. The van der Waals surface area contributed by atoms with Gasteiger partial charge in [0.05, 0.1) is 43.7 Å². The van der Waals surface area contributed by atoms with Gasteiger partial charge in [-0.3, -0.25) is 0 Å². The highest BCUT2D eigenvalue weighted by molar-refractivity contribution is 4.75. The number of hydrogen-bond acceptors (Lipinski definition) is 4. The molecule has 0 heterocycles. The van der Waals surface area contributed by atoms with Crippen molar-refractivity contribution >= 4 is 0 Å². The number of hydrogen-bond donors (Lipinski definition) is 1. The molecule has 0 saturated heterocycles. The summed E-state index contributed by atoms with van der Waals surface area (Å²) in [5.74, 6) is 0. The maximum absolute atomic E-state index is 8.91. The molecule has 0 aliphatic rings. The smallest absolute Gasteiger partial charge is 0.0788 e. The van der Waals surface area contributed by atoms with Crippen LogP contribution in [0.1, 0.15) is 67.2 Å². The lowest BCUT2D eigenvalue weighted by molar-refractivity contribution is -0.127. The summed E-state index contributed by atoms with van der Waals surface area (Å²) >= 11 is 0. The highest BCUT2D eigenvalue weighted by Gasteiger charge is 2.25. The minimum absolute atomic E-state index is 0.00802. The fourth-order valence-electron chi connectivity index (χ4n) is 2.52. The molecule has 0 aromatic carbocycles. The van der Waals surface area contributed by atoms with Crippen LogP contribution in [0.4, 0.5) is 0 Å². The Morgan fingerprint density at radius 3 is 1.81 bits per heavy atom. The van der Waals surface area contributed by atoms with Crippen LogP contribution in [0, 0.1) is 0 Å². The summed E-state index contributed by atoms with van der Waals surface area (Å²) in [6, 6.07) is 0. The molecule has 4 heteroatoms. The minimum atomic E-state index is -0.137. The summed E-state index contributed by atoms with van der Waals surface area (Å²) < 4.78 is 17.4. The largest absolute Gasteiger partial charge is 0.394 e. The van der Waals surface area contributed by atoms with Crippen LogP contribution in [0.5, 0.6) is 0 Å². The predicted molar refractivity (Wildman–Crippen MR) is 86.7 cm³/mol. The molecule has 0 aromatic rings. The fourth-order valence-corrected chi connectivity index (χ4v) is 2.52. The fraction of sp³-hybridized carbons (Fsp3) is 1.00.